The molecular formula is C16H19FN4O. The third-order valence-corrected chi connectivity index (χ3v) is 4.23. The van der Waals surface area contributed by atoms with Crippen LogP contribution in [0.25, 0.3) is 10.9 Å². The van der Waals surface area contributed by atoms with Gasteiger partial charge >= 0.3 is 0 Å². The summed E-state index contributed by atoms with van der Waals surface area (Å²) < 4.78 is 13.7. The molecule has 1 aromatic carbocycles. The third kappa shape index (κ3) is 3.00. The van der Waals surface area contributed by atoms with Gasteiger partial charge in [-0.05, 0) is 30.9 Å². The van der Waals surface area contributed by atoms with Crippen molar-refractivity contribution in [1.29, 1.82) is 0 Å². The van der Waals surface area contributed by atoms with E-state index in [2.05, 4.69) is 15.3 Å². The zero-order valence-electron chi connectivity index (χ0n) is 12.6. The lowest BCUT2D eigenvalue weighted by atomic mass is 9.97. The number of amides is 1. The fourth-order valence-electron chi connectivity index (χ4n) is 2.89. The van der Waals surface area contributed by atoms with Gasteiger partial charge in [0.25, 0.3) is 0 Å². The van der Waals surface area contributed by atoms with Crippen LogP contribution in [0.4, 0.5) is 10.2 Å². The number of halogens is 1. The Kier molecular flexibility index (Phi) is 4.18. The maximum Gasteiger partial charge on any atom is 0.219 e. The van der Waals surface area contributed by atoms with Crippen molar-refractivity contribution in [2.24, 2.45) is 5.92 Å². The summed E-state index contributed by atoms with van der Waals surface area (Å²) in [7, 11) is 0. The molecule has 116 valence electrons. The number of carbonyl (C=O) groups is 1. The van der Waals surface area contributed by atoms with E-state index < -0.39 is 0 Å². The monoisotopic (exact) mass is 302 g/mol. The molecule has 6 heteroatoms. The van der Waals surface area contributed by atoms with E-state index in [-0.39, 0.29) is 11.7 Å². The van der Waals surface area contributed by atoms with Gasteiger partial charge in [-0.25, -0.2) is 14.4 Å². The van der Waals surface area contributed by atoms with Crippen LogP contribution in [0.5, 0.6) is 0 Å². The second-order valence-corrected chi connectivity index (χ2v) is 5.69. The molecule has 1 aliphatic rings. The van der Waals surface area contributed by atoms with E-state index in [1.54, 1.807) is 13.0 Å². The van der Waals surface area contributed by atoms with Gasteiger partial charge in [0.05, 0.1) is 0 Å². The SMILES string of the molecule is CC(=O)N1CCC(CNc2ncnc3c(F)cccc23)CC1. The van der Waals surface area contributed by atoms with Gasteiger partial charge in [0.1, 0.15) is 23.5 Å². The van der Waals surface area contributed by atoms with Gasteiger partial charge in [0.15, 0.2) is 0 Å². The van der Waals surface area contributed by atoms with Gasteiger partial charge < -0.3 is 10.2 Å². The fourth-order valence-corrected chi connectivity index (χ4v) is 2.89. The summed E-state index contributed by atoms with van der Waals surface area (Å²) in [4.78, 5) is 21.4. The van der Waals surface area contributed by atoms with Gasteiger partial charge in [-0.1, -0.05) is 6.07 Å². The van der Waals surface area contributed by atoms with Crippen LogP contribution in [0.1, 0.15) is 19.8 Å². The van der Waals surface area contributed by atoms with Crippen molar-refractivity contribution < 1.29 is 9.18 Å². The lowest BCUT2D eigenvalue weighted by Crippen LogP contribution is -2.38. The molecule has 0 bridgehead atoms. The first kappa shape index (κ1) is 14.7. The number of hydrogen-bond acceptors (Lipinski definition) is 4. The lowest BCUT2D eigenvalue weighted by Gasteiger charge is -2.31. The van der Waals surface area contributed by atoms with Crippen molar-refractivity contribution in [2.45, 2.75) is 19.8 Å². The largest absolute Gasteiger partial charge is 0.369 e. The number of anilines is 1. The number of benzene rings is 1. The predicted octanol–water partition coefficient (Wildman–Crippen LogP) is 2.44. The maximum atomic E-state index is 13.7. The minimum Gasteiger partial charge on any atom is -0.369 e. The molecule has 1 amide bonds. The van der Waals surface area contributed by atoms with E-state index in [0.29, 0.717) is 22.6 Å². The van der Waals surface area contributed by atoms with Crippen LogP contribution < -0.4 is 5.32 Å². The second kappa shape index (κ2) is 6.25. The summed E-state index contributed by atoms with van der Waals surface area (Å²) >= 11 is 0. The number of hydrogen-bond donors (Lipinski definition) is 1. The Labute approximate surface area is 128 Å². The molecule has 5 nitrogen and oxygen atoms in total. The fraction of sp³-hybridized carbons (Fsp3) is 0.438. The van der Waals surface area contributed by atoms with Crippen LogP contribution >= 0.6 is 0 Å². The summed E-state index contributed by atoms with van der Waals surface area (Å²) in [5, 5.41) is 4.01. The zero-order chi connectivity index (χ0) is 15.5. The summed E-state index contributed by atoms with van der Waals surface area (Å²) in [5.41, 5.74) is 0.339. The number of nitrogens with one attached hydrogen (secondary N) is 1. The molecule has 1 aliphatic heterocycles. The van der Waals surface area contributed by atoms with Gasteiger partial charge in [0.2, 0.25) is 5.91 Å². The molecule has 0 aliphatic carbocycles. The van der Waals surface area contributed by atoms with Gasteiger partial charge in [-0.3, -0.25) is 4.79 Å². The number of rotatable bonds is 3. The maximum absolute atomic E-state index is 13.7. The molecule has 0 spiro atoms. The molecule has 0 radical (unpaired) electrons. The Morgan fingerprint density at radius 3 is 2.86 bits per heavy atom. The first-order chi connectivity index (χ1) is 10.6. The Hall–Kier alpha value is -2.24. The van der Waals surface area contributed by atoms with Gasteiger partial charge in [0, 0.05) is 31.9 Å². The van der Waals surface area contributed by atoms with Crippen molar-refractivity contribution in [1.82, 2.24) is 14.9 Å². The van der Waals surface area contributed by atoms with Crippen LogP contribution in [-0.2, 0) is 4.79 Å². The minimum absolute atomic E-state index is 0.142. The molecule has 1 saturated heterocycles. The normalized spacial score (nSPS) is 16.0. The zero-order valence-corrected chi connectivity index (χ0v) is 12.6. The smallest absolute Gasteiger partial charge is 0.219 e. The first-order valence-electron chi connectivity index (χ1n) is 7.54. The lowest BCUT2D eigenvalue weighted by molar-refractivity contribution is -0.130. The van der Waals surface area contributed by atoms with Crippen molar-refractivity contribution in [3.8, 4) is 0 Å². The molecule has 3 rings (SSSR count). The molecule has 1 fully saturated rings. The molecule has 0 saturated carbocycles. The van der Waals surface area contributed by atoms with E-state index in [1.807, 2.05) is 11.0 Å². The van der Waals surface area contributed by atoms with Crippen LogP contribution in [-0.4, -0.2) is 40.4 Å². The Bertz CT molecular complexity index is 683. The van der Waals surface area contributed by atoms with Crippen molar-refractivity contribution in [3.05, 3.63) is 30.3 Å². The van der Waals surface area contributed by atoms with Crippen molar-refractivity contribution in [2.75, 3.05) is 25.0 Å². The number of likely N-dealkylation sites (tertiary alicyclic amines) is 1. The van der Waals surface area contributed by atoms with E-state index in [4.69, 9.17) is 0 Å². The Morgan fingerprint density at radius 1 is 1.36 bits per heavy atom. The molecule has 22 heavy (non-hydrogen) atoms. The molecule has 1 N–H and O–H groups in total. The third-order valence-electron chi connectivity index (χ3n) is 4.23. The predicted molar refractivity (Wildman–Crippen MR) is 83.0 cm³/mol. The number of fused-ring (bicyclic) bond motifs is 1. The number of piperidine rings is 1. The number of carbonyl (C=O) groups excluding carboxylic acids is 1. The van der Waals surface area contributed by atoms with E-state index >= 15 is 0 Å². The summed E-state index contributed by atoms with van der Waals surface area (Å²) in [5.74, 6) is 0.967. The van der Waals surface area contributed by atoms with Gasteiger partial charge in [-0.15, -0.1) is 0 Å². The number of nitrogens with zero attached hydrogens (tertiary/aromatic N) is 3. The minimum atomic E-state index is -0.335. The van der Waals surface area contributed by atoms with Crippen LogP contribution in [0, 0.1) is 11.7 Å². The summed E-state index contributed by atoms with van der Waals surface area (Å²) in [6.07, 6.45) is 3.33. The van der Waals surface area contributed by atoms with Crippen LogP contribution in [0.15, 0.2) is 24.5 Å². The van der Waals surface area contributed by atoms with Gasteiger partial charge in [-0.2, -0.15) is 0 Å². The Balaban J connectivity index is 1.65. The highest BCUT2D eigenvalue weighted by Crippen LogP contribution is 2.23. The van der Waals surface area contributed by atoms with E-state index in [9.17, 15) is 9.18 Å². The Morgan fingerprint density at radius 2 is 2.14 bits per heavy atom. The molecule has 2 aromatic rings. The summed E-state index contributed by atoms with van der Waals surface area (Å²) in [6.45, 7) is 4.00. The highest BCUT2D eigenvalue weighted by atomic mass is 19.1. The molecule has 0 atom stereocenters. The van der Waals surface area contributed by atoms with E-state index in [0.717, 1.165) is 32.5 Å². The number of aromatic nitrogens is 2. The standard InChI is InChI=1S/C16H19FN4O/c1-11(22)21-7-5-12(6-8-21)9-18-16-13-3-2-4-14(17)15(13)19-10-20-16/h2-4,10,12H,5-9H2,1H3,(H,18,19,20). The van der Waals surface area contributed by atoms with Crippen molar-refractivity contribution in [3.63, 3.8) is 0 Å². The van der Waals surface area contributed by atoms with Crippen molar-refractivity contribution >= 4 is 22.6 Å². The molecular weight excluding hydrogens is 283 g/mol. The quantitative estimate of drug-likeness (QED) is 0.946. The summed E-state index contributed by atoms with van der Waals surface area (Å²) in [6, 6.07) is 4.88. The van der Waals surface area contributed by atoms with Crippen LogP contribution in [0.2, 0.25) is 0 Å². The molecule has 2 heterocycles. The molecule has 0 unspecified atom stereocenters. The highest BCUT2D eigenvalue weighted by molar-refractivity contribution is 5.89. The van der Waals surface area contributed by atoms with Crippen LogP contribution in [0.3, 0.4) is 0 Å². The number of para-hydroxylation sites is 1. The van der Waals surface area contributed by atoms with E-state index in [1.165, 1.54) is 12.4 Å². The molecule has 1 aromatic heterocycles. The first-order valence-corrected chi connectivity index (χ1v) is 7.54. The topological polar surface area (TPSA) is 58.1 Å². The highest BCUT2D eigenvalue weighted by Gasteiger charge is 2.20. The average Bonchev–Trinajstić information content (AvgIpc) is 2.54. The average molecular weight is 302 g/mol. The second-order valence-electron chi connectivity index (χ2n) is 5.69.